The van der Waals surface area contributed by atoms with Crippen LogP contribution in [0.1, 0.15) is 98.7 Å². The molecule has 5 rings (SSSR count). The third-order valence-electron chi connectivity index (χ3n) is 8.12. The van der Waals surface area contributed by atoms with Crippen molar-refractivity contribution in [3.63, 3.8) is 0 Å². The van der Waals surface area contributed by atoms with Gasteiger partial charge in [0.25, 0.3) is 5.91 Å². The van der Waals surface area contributed by atoms with E-state index in [2.05, 4.69) is 25.8 Å². The summed E-state index contributed by atoms with van der Waals surface area (Å²) in [5.41, 5.74) is 1.63. The van der Waals surface area contributed by atoms with E-state index in [4.69, 9.17) is 0 Å². The van der Waals surface area contributed by atoms with E-state index in [-0.39, 0.29) is 43.6 Å². The SMILES string of the molecule is CC(C)n1nccc1C(=O)N[C@H](c1cn2ncc(C(NC(=O)CC(O)C(F)(F)F)C3CC3)cc2n1)C1CCC(F)(F)CC1. The number of amides is 2. The number of fused-ring (bicyclic) bond motifs is 1. The van der Waals surface area contributed by atoms with Gasteiger partial charge >= 0.3 is 6.18 Å². The minimum Gasteiger partial charge on any atom is -0.383 e. The summed E-state index contributed by atoms with van der Waals surface area (Å²) < 4.78 is 69.3. The molecule has 2 saturated carbocycles. The molecular formula is C28H34F5N7O3. The summed E-state index contributed by atoms with van der Waals surface area (Å²) in [5.74, 6) is -4.45. The van der Waals surface area contributed by atoms with Crippen LogP contribution in [0.3, 0.4) is 0 Å². The average molecular weight is 612 g/mol. The zero-order valence-corrected chi connectivity index (χ0v) is 23.7. The summed E-state index contributed by atoms with van der Waals surface area (Å²) in [6.07, 6.45) is -2.95. The van der Waals surface area contributed by atoms with Gasteiger partial charge in [-0.25, -0.2) is 18.3 Å². The van der Waals surface area contributed by atoms with Crippen LogP contribution >= 0.6 is 0 Å². The molecule has 2 unspecified atom stereocenters. The van der Waals surface area contributed by atoms with Crippen molar-refractivity contribution in [2.45, 2.75) is 95.1 Å². The zero-order valence-electron chi connectivity index (χ0n) is 23.7. The van der Waals surface area contributed by atoms with Gasteiger partial charge in [-0.15, -0.1) is 0 Å². The van der Waals surface area contributed by atoms with Gasteiger partial charge in [-0.2, -0.15) is 23.4 Å². The summed E-state index contributed by atoms with van der Waals surface area (Å²) in [4.78, 5) is 30.4. The molecule has 0 radical (unpaired) electrons. The number of aliphatic hydroxyl groups excluding tert-OH is 1. The standard InChI is InChI=1S/C28H34F5N7O3/c1-15(2)40-20(7-10-34-40)26(43)38-25(17-5-8-27(29,30)9-6-17)19-14-39-22(36-19)11-18(13-35-39)24(16-3-4-16)37-23(42)12-21(41)28(31,32)33/h7,10-11,13-17,21,24-25,41H,3-6,8-9,12H2,1-2H3,(H,37,42)(H,38,43)/t21?,24?,25-/m0/s1. The highest BCUT2D eigenvalue weighted by Gasteiger charge is 2.42. The van der Waals surface area contributed by atoms with Crippen LogP contribution in [0.2, 0.25) is 0 Å². The van der Waals surface area contributed by atoms with Gasteiger partial charge in [-0.1, -0.05) is 0 Å². The Kier molecular flexibility index (Phi) is 8.47. The van der Waals surface area contributed by atoms with Crippen LogP contribution in [-0.4, -0.2) is 59.5 Å². The number of carbonyl (C=O) groups excluding carboxylic acids is 2. The molecule has 3 N–H and O–H groups in total. The molecule has 15 heteroatoms. The van der Waals surface area contributed by atoms with Crippen molar-refractivity contribution >= 4 is 17.5 Å². The Bertz CT molecular complexity index is 1460. The number of halogens is 5. The highest BCUT2D eigenvalue weighted by atomic mass is 19.4. The van der Waals surface area contributed by atoms with Gasteiger partial charge in [0.2, 0.25) is 11.8 Å². The number of aromatic nitrogens is 5. The van der Waals surface area contributed by atoms with Gasteiger partial charge in [0.05, 0.1) is 36.6 Å². The molecule has 2 aliphatic rings. The van der Waals surface area contributed by atoms with Crippen molar-refractivity contribution in [3.05, 3.63) is 47.7 Å². The molecule has 10 nitrogen and oxygen atoms in total. The van der Waals surface area contributed by atoms with Crippen LogP contribution in [-0.2, 0) is 4.79 Å². The van der Waals surface area contributed by atoms with Gasteiger partial charge < -0.3 is 15.7 Å². The van der Waals surface area contributed by atoms with Crippen molar-refractivity contribution in [2.24, 2.45) is 11.8 Å². The molecule has 0 aromatic carbocycles. The molecule has 2 aliphatic carbocycles. The van der Waals surface area contributed by atoms with E-state index in [9.17, 15) is 36.6 Å². The fraction of sp³-hybridized carbons (Fsp3) is 0.607. The predicted octanol–water partition coefficient (Wildman–Crippen LogP) is 4.68. The van der Waals surface area contributed by atoms with Crippen LogP contribution in [0.15, 0.2) is 30.7 Å². The van der Waals surface area contributed by atoms with Crippen LogP contribution < -0.4 is 10.6 Å². The van der Waals surface area contributed by atoms with Crippen LogP contribution in [0.4, 0.5) is 22.0 Å². The van der Waals surface area contributed by atoms with Crippen molar-refractivity contribution in [3.8, 4) is 0 Å². The Morgan fingerprint density at radius 1 is 1.07 bits per heavy atom. The molecule has 0 spiro atoms. The number of imidazole rings is 1. The summed E-state index contributed by atoms with van der Waals surface area (Å²) in [7, 11) is 0. The van der Waals surface area contributed by atoms with E-state index < -0.39 is 48.5 Å². The van der Waals surface area contributed by atoms with Crippen LogP contribution in [0.5, 0.6) is 0 Å². The second-order valence-corrected chi connectivity index (χ2v) is 11.8. The Balaban J connectivity index is 1.41. The van der Waals surface area contributed by atoms with Gasteiger partial charge in [0.1, 0.15) is 5.69 Å². The second kappa shape index (κ2) is 11.8. The highest BCUT2D eigenvalue weighted by Crippen LogP contribution is 2.43. The van der Waals surface area contributed by atoms with Crippen molar-refractivity contribution < 1.29 is 36.6 Å². The molecule has 3 atom stereocenters. The number of nitrogens with zero attached hydrogens (tertiary/aromatic N) is 5. The molecule has 0 bridgehead atoms. The molecule has 2 amide bonds. The normalized spacial score (nSPS) is 19.7. The molecule has 234 valence electrons. The summed E-state index contributed by atoms with van der Waals surface area (Å²) in [5, 5.41) is 23.5. The largest absolute Gasteiger partial charge is 0.414 e. The number of aliphatic hydroxyl groups is 1. The minimum atomic E-state index is -4.91. The molecule has 3 aromatic rings. The monoisotopic (exact) mass is 611 g/mol. The second-order valence-electron chi connectivity index (χ2n) is 11.8. The fourth-order valence-corrected chi connectivity index (χ4v) is 5.61. The van der Waals surface area contributed by atoms with E-state index in [0.29, 0.717) is 22.6 Å². The summed E-state index contributed by atoms with van der Waals surface area (Å²) in [6.45, 7) is 3.76. The van der Waals surface area contributed by atoms with E-state index in [1.165, 1.54) is 16.9 Å². The van der Waals surface area contributed by atoms with E-state index in [1.807, 2.05) is 13.8 Å². The topological polar surface area (TPSA) is 126 Å². The first-order chi connectivity index (χ1) is 20.2. The molecule has 3 aromatic heterocycles. The van der Waals surface area contributed by atoms with Crippen molar-refractivity contribution in [2.75, 3.05) is 0 Å². The minimum absolute atomic E-state index is 0.00702. The number of hydrogen-bond acceptors (Lipinski definition) is 6. The first kappa shape index (κ1) is 30.8. The maximum absolute atomic E-state index is 14.0. The Labute approximate surface area is 244 Å². The maximum Gasteiger partial charge on any atom is 0.414 e. The first-order valence-electron chi connectivity index (χ1n) is 14.3. The zero-order chi connectivity index (χ0) is 31.1. The third-order valence-corrected chi connectivity index (χ3v) is 8.12. The Morgan fingerprint density at radius 3 is 2.37 bits per heavy atom. The van der Waals surface area contributed by atoms with Crippen LogP contribution in [0, 0.1) is 11.8 Å². The van der Waals surface area contributed by atoms with Crippen molar-refractivity contribution in [1.29, 1.82) is 0 Å². The number of hydrogen-bond donors (Lipinski definition) is 3. The lowest BCUT2D eigenvalue weighted by molar-refractivity contribution is -0.206. The fourth-order valence-electron chi connectivity index (χ4n) is 5.61. The van der Waals surface area contributed by atoms with E-state index in [0.717, 1.165) is 12.8 Å². The van der Waals surface area contributed by atoms with E-state index >= 15 is 0 Å². The van der Waals surface area contributed by atoms with Gasteiger partial charge in [-0.3, -0.25) is 14.3 Å². The number of carbonyl (C=O) groups is 2. The Hall–Kier alpha value is -3.62. The molecule has 0 aliphatic heterocycles. The van der Waals surface area contributed by atoms with Gasteiger partial charge in [0, 0.05) is 25.1 Å². The number of alkyl halides is 5. The predicted molar refractivity (Wildman–Crippen MR) is 143 cm³/mol. The van der Waals surface area contributed by atoms with Gasteiger partial charge in [0.15, 0.2) is 11.8 Å². The lowest BCUT2D eigenvalue weighted by atomic mass is 9.81. The summed E-state index contributed by atoms with van der Waals surface area (Å²) in [6, 6.07) is 1.82. The first-order valence-corrected chi connectivity index (χ1v) is 14.3. The lowest BCUT2D eigenvalue weighted by Crippen LogP contribution is -2.38. The smallest absolute Gasteiger partial charge is 0.383 e. The quantitative estimate of drug-likeness (QED) is 0.286. The van der Waals surface area contributed by atoms with Crippen molar-refractivity contribution in [1.82, 2.24) is 35.0 Å². The van der Waals surface area contributed by atoms with Crippen LogP contribution in [0.25, 0.3) is 5.65 Å². The molecular weight excluding hydrogens is 577 g/mol. The van der Waals surface area contributed by atoms with Gasteiger partial charge in [-0.05, 0) is 69.1 Å². The lowest BCUT2D eigenvalue weighted by Gasteiger charge is -2.33. The Morgan fingerprint density at radius 2 is 1.74 bits per heavy atom. The average Bonchev–Trinajstić information content (AvgIpc) is 3.47. The highest BCUT2D eigenvalue weighted by molar-refractivity contribution is 5.92. The molecule has 3 heterocycles. The number of nitrogens with one attached hydrogen (secondary N) is 2. The number of rotatable bonds is 10. The molecule has 0 saturated heterocycles. The molecule has 2 fully saturated rings. The van der Waals surface area contributed by atoms with E-state index in [1.54, 1.807) is 23.0 Å². The molecule has 43 heavy (non-hydrogen) atoms. The summed E-state index contributed by atoms with van der Waals surface area (Å²) >= 11 is 0. The third kappa shape index (κ3) is 7.13. The maximum atomic E-state index is 14.0.